The Kier molecular flexibility index (Phi) is 4.42. The number of carbonyl (C=O) groups excluding carboxylic acids is 1. The summed E-state index contributed by atoms with van der Waals surface area (Å²) in [5, 5.41) is 9.52. The smallest absolute Gasteiger partial charge is 0.224 e. The molecular weight excluding hydrogens is 266 g/mol. The Balaban J connectivity index is 0.00000133. The van der Waals surface area contributed by atoms with Crippen LogP contribution < -0.4 is 11.1 Å². The summed E-state index contributed by atoms with van der Waals surface area (Å²) in [5.41, 5.74) is 6.14. The lowest BCUT2D eigenvalue weighted by atomic mass is 9.84. The summed E-state index contributed by atoms with van der Waals surface area (Å²) >= 11 is 0. The lowest BCUT2D eigenvalue weighted by Crippen LogP contribution is -2.45. The molecule has 0 aliphatic heterocycles. The zero-order valence-corrected chi connectivity index (χ0v) is 11.5. The second-order valence-corrected chi connectivity index (χ2v) is 5.41. The van der Waals surface area contributed by atoms with Crippen molar-refractivity contribution >= 4 is 18.3 Å². The fourth-order valence-electron chi connectivity index (χ4n) is 3.50. The van der Waals surface area contributed by atoms with Crippen molar-refractivity contribution in [2.45, 2.75) is 31.7 Å². The molecule has 3 rings (SSSR count). The van der Waals surface area contributed by atoms with Gasteiger partial charge >= 0.3 is 0 Å². The van der Waals surface area contributed by atoms with E-state index in [1.807, 2.05) is 0 Å². The zero-order chi connectivity index (χ0) is 12.5. The Morgan fingerprint density at radius 2 is 2.26 bits per heavy atom. The van der Waals surface area contributed by atoms with Crippen LogP contribution in [0.3, 0.4) is 0 Å². The van der Waals surface area contributed by atoms with E-state index in [1.165, 1.54) is 19.2 Å². The van der Waals surface area contributed by atoms with Crippen LogP contribution in [-0.4, -0.2) is 33.7 Å². The number of nitrogens with zero attached hydrogens (tertiary/aromatic N) is 2. The monoisotopic (exact) mass is 285 g/mol. The van der Waals surface area contributed by atoms with Gasteiger partial charge in [0.15, 0.2) is 0 Å². The number of hydrogen-bond acceptors (Lipinski definition) is 4. The Morgan fingerprint density at radius 1 is 1.47 bits per heavy atom. The standard InChI is InChI=1S/C12H19N5O.ClH/c13-11-8-2-1-7(5-8)10(11)12(18)14-4-3-9-15-6-16-17-9;/h6-8,10-11H,1-5,13H2,(H,14,18)(H,15,16,17);1H. The number of amides is 1. The first-order valence-corrected chi connectivity index (χ1v) is 6.63. The van der Waals surface area contributed by atoms with Crippen molar-refractivity contribution in [3.63, 3.8) is 0 Å². The molecule has 19 heavy (non-hydrogen) atoms. The second-order valence-electron chi connectivity index (χ2n) is 5.41. The topological polar surface area (TPSA) is 96.7 Å². The van der Waals surface area contributed by atoms with Crippen LogP contribution in [-0.2, 0) is 11.2 Å². The molecule has 1 amide bonds. The number of nitrogens with two attached hydrogens (primary N) is 1. The number of hydrogen-bond donors (Lipinski definition) is 3. The van der Waals surface area contributed by atoms with Crippen LogP contribution in [0.1, 0.15) is 25.1 Å². The maximum absolute atomic E-state index is 12.1. The second kappa shape index (κ2) is 5.88. The maximum Gasteiger partial charge on any atom is 0.224 e. The van der Waals surface area contributed by atoms with Gasteiger partial charge in [-0.1, -0.05) is 0 Å². The van der Waals surface area contributed by atoms with E-state index in [0.29, 0.717) is 24.8 Å². The van der Waals surface area contributed by atoms with E-state index >= 15 is 0 Å². The van der Waals surface area contributed by atoms with Crippen molar-refractivity contribution in [2.24, 2.45) is 23.5 Å². The van der Waals surface area contributed by atoms with E-state index in [-0.39, 0.29) is 30.3 Å². The zero-order valence-electron chi connectivity index (χ0n) is 10.7. The predicted molar refractivity (Wildman–Crippen MR) is 72.6 cm³/mol. The normalized spacial score (nSPS) is 32.1. The van der Waals surface area contributed by atoms with Crippen LogP contribution in [0.5, 0.6) is 0 Å². The molecule has 4 unspecified atom stereocenters. The van der Waals surface area contributed by atoms with Gasteiger partial charge in [-0.3, -0.25) is 9.89 Å². The largest absolute Gasteiger partial charge is 0.355 e. The molecule has 4 atom stereocenters. The minimum Gasteiger partial charge on any atom is -0.355 e. The highest BCUT2D eigenvalue weighted by Crippen LogP contribution is 2.47. The van der Waals surface area contributed by atoms with E-state index in [1.54, 1.807) is 0 Å². The Morgan fingerprint density at radius 3 is 2.89 bits per heavy atom. The molecule has 1 heterocycles. The van der Waals surface area contributed by atoms with Gasteiger partial charge in [0.2, 0.25) is 5.91 Å². The molecule has 0 saturated heterocycles. The highest BCUT2D eigenvalue weighted by atomic mass is 35.5. The summed E-state index contributed by atoms with van der Waals surface area (Å²) in [6.45, 7) is 0.592. The molecular formula is C12H20ClN5O. The number of aromatic amines is 1. The SMILES string of the molecule is Cl.NC1C2CCC(C2)C1C(=O)NCCc1ncn[nH]1. The van der Waals surface area contributed by atoms with Gasteiger partial charge < -0.3 is 11.1 Å². The van der Waals surface area contributed by atoms with Crippen molar-refractivity contribution in [1.82, 2.24) is 20.5 Å². The van der Waals surface area contributed by atoms with Gasteiger partial charge in [-0.05, 0) is 31.1 Å². The Labute approximate surface area is 118 Å². The number of carbonyl (C=O) groups is 1. The van der Waals surface area contributed by atoms with Gasteiger partial charge in [-0.15, -0.1) is 12.4 Å². The summed E-state index contributed by atoms with van der Waals surface area (Å²) in [5.74, 6) is 2.02. The third kappa shape index (κ3) is 2.74. The van der Waals surface area contributed by atoms with Gasteiger partial charge in [0, 0.05) is 19.0 Å². The van der Waals surface area contributed by atoms with E-state index in [4.69, 9.17) is 5.73 Å². The van der Waals surface area contributed by atoms with Gasteiger partial charge in [0.1, 0.15) is 12.2 Å². The van der Waals surface area contributed by atoms with E-state index in [9.17, 15) is 4.79 Å². The van der Waals surface area contributed by atoms with Crippen molar-refractivity contribution in [2.75, 3.05) is 6.54 Å². The Bertz CT molecular complexity index is 422. The molecule has 2 aliphatic carbocycles. The van der Waals surface area contributed by atoms with E-state index in [0.717, 1.165) is 12.2 Å². The molecule has 0 radical (unpaired) electrons. The minimum absolute atomic E-state index is 0. The van der Waals surface area contributed by atoms with Crippen LogP contribution in [0.15, 0.2) is 6.33 Å². The number of aromatic nitrogens is 3. The molecule has 2 saturated carbocycles. The summed E-state index contributed by atoms with van der Waals surface area (Å²) in [6.07, 6.45) is 5.67. The van der Waals surface area contributed by atoms with Gasteiger partial charge in [-0.2, -0.15) is 5.10 Å². The van der Waals surface area contributed by atoms with Crippen LogP contribution in [0.25, 0.3) is 0 Å². The lowest BCUT2D eigenvalue weighted by Gasteiger charge is -2.26. The fraction of sp³-hybridized carbons (Fsp3) is 0.750. The van der Waals surface area contributed by atoms with Crippen molar-refractivity contribution < 1.29 is 4.79 Å². The molecule has 7 heteroatoms. The quantitative estimate of drug-likeness (QED) is 0.739. The number of fused-ring (bicyclic) bond motifs is 2. The summed E-state index contributed by atoms with van der Waals surface area (Å²) in [4.78, 5) is 16.2. The van der Waals surface area contributed by atoms with Gasteiger partial charge in [0.25, 0.3) is 0 Å². The minimum atomic E-state index is 0. The van der Waals surface area contributed by atoms with Crippen molar-refractivity contribution in [3.05, 3.63) is 12.2 Å². The molecule has 2 bridgehead atoms. The summed E-state index contributed by atoms with van der Waals surface area (Å²) in [6, 6.07) is 0.0639. The van der Waals surface area contributed by atoms with Crippen LogP contribution in [0.2, 0.25) is 0 Å². The van der Waals surface area contributed by atoms with E-state index in [2.05, 4.69) is 20.5 Å². The van der Waals surface area contributed by atoms with Crippen LogP contribution in [0, 0.1) is 17.8 Å². The molecule has 2 aliphatic rings. The average molecular weight is 286 g/mol. The van der Waals surface area contributed by atoms with Crippen LogP contribution in [0.4, 0.5) is 0 Å². The molecule has 6 nitrogen and oxygen atoms in total. The summed E-state index contributed by atoms with van der Waals surface area (Å²) in [7, 11) is 0. The third-order valence-corrected chi connectivity index (χ3v) is 4.41. The highest BCUT2D eigenvalue weighted by Gasteiger charge is 2.48. The number of halogens is 1. The number of nitrogens with one attached hydrogen (secondary N) is 2. The molecule has 0 aromatic carbocycles. The molecule has 4 N–H and O–H groups in total. The van der Waals surface area contributed by atoms with Gasteiger partial charge in [0.05, 0.1) is 5.92 Å². The number of H-pyrrole nitrogens is 1. The van der Waals surface area contributed by atoms with Crippen LogP contribution >= 0.6 is 12.4 Å². The third-order valence-electron chi connectivity index (χ3n) is 4.41. The first-order valence-electron chi connectivity index (χ1n) is 6.63. The molecule has 106 valence electrons. The molecule has 2 fully saturated rings. The molecule has 1 aromatic rings. The molecule has 1 aromatic heterocycles. The molecule has 0 spiro atoms. The average Bonchev–Trinajstić information content (AvgIpc) is 3.03. The number of rotatable bonds is 4. The Hall–Kier alpha value is -1.14. The maximum atomic E-state index is 12.1. The van der Waals surface area contributed by atoms with Crippen molar-refractivity contribution in [1.29, 1.82) is 0 Å². The lowest BCUT2D eigenvalue weighted by molar-refractivity contribution is -0.127. The van der Waals surface area contributed by atoms with E-state index < -0.39 is 0 Å². The summed E-state index contributed by atoms with van der Waals surface area (Å²) < 4.78 is 0. The fourth-order valence-corrected chi connectivity index (χ4v) is 3.50. The predicted octanol–water partition coefficient (Wildman–Crippen LogP) is 0.259. The van der Waals surface area contributed by atoms with Crippen molar-refractivity contribution in [3.8, 4) is 0 Å². The first-order chi connectivity index (χ1) is 8.75. The highest BCUT2D eigenvalue weighted by molar-refractivity contribution is 5.85. The van der Waals surface area contributed by atoms with Gasteiger partial charge in [-0.25, -0.2) is 4.98 Å². The first kappa shape index (κ1) is 14.3.